The first-order chi connectivity index (χ1) is 6.03. The van der Waals surface area contributed by atoms with Gasteiger partial charge in [-0.3, -0.25) is 0 Å². The Kier molecular flexibility index (Phi) is 3.20. The Morgan fingerprint density at radius 1 is 1.07 bits per heavy atom. The Labute approximate surface area is 83.6 Å². The molecule has 1 aliphatic rings. The zero-order chi connectivity index (χ0) is 12.6. The number of rotatable bonds is 2. The van der Waals surface area contributed by atoms with E-state index in [0.717, 1.165) is 17.6 Å². The Morgan fingerprint density at radius 3 is 1.40 bits per heavy atom. The van der Waals surface area contributed by atoms with Gasteiger partial charge in [0.1, 0.15) is 12.6 Å². The van der Waals surface area contributed by atoms with Crippen LogP contribution in [0, 0.1) is 0 Å². The van der Waals surface area contributed by atoms with Crippen LogP contribution in [0.3, 0.4) is 0 Å². The van der Waals surface area contributed by atoms with Crippen LogP contribution in [-0.4, -0.2) is 44.9 Å². The number of ether oxygens (including phenoxy) is 1. The van der Waals surface area contributed by atoms with Crippen LogP contribution in [-0.2, 0) is 4.74 Å². The zero-order valence-electron chi connectivity index (χ0n) is 8.56. The van der Waals surface area contributed by atoms with E-state index in [-0.39, 0.29) is 0 Å². The molecule has 0 spiro atoms. The fourth-order valence-electron chi connectivity index (χ4n) is 0.784. The summed E-state index contributed by atoms with van der Waals surface area (Å²) < 4.78 is 65.3. The third-order valence-corrected chi connectivity index (χ3v) is 1.15. The van der Waals surface area contributed by atoms with E-state index in [2.05, 4.69) is 21.1 Å². The van der Waals surface area contributed by atoms with Gasteiger partial charge in [0, 0.05) is 0 Å². The van der Waals surface area contributed by atoms with Gasteiger partial charge in [-0.2, -0.15) is 0 Å². The van der Waals surface area contributed by atoms with E-state index in [1.807, 2.05) is 0 Å². The average molecular weight is 261 g/mol. The van der Waals surface area contributed by atoms with Gasteiger partial charge in [-0.15, -0.1) is 0 Å². The molecule has 96 valence electrons. The van der Waals surface area contributed by atoms with E-state index in [1.54, 1.807) is 0 Å². The summed E-state index contributed by atoms with van der Waals surface area (Å²) in [6, 6.07) is 0. The number of likely N-dealkylation sites (N-methyl/N-ethyl adjacent to an activating group) is 1. The number of halogens is 6. The van der Waals surface area contributed by atoms with E-state index in [1.165, 1.54) is 0 Å². The SMILES string of the molecule is C[N+](C)(C)CC1CO1.F[P-](F)(F)(F)(F)F. The Morgan fingerprint density at radius 2 is 1.33 bits per heavy atom. The van der Waals surface area contributed by atoms with Crippen LogP contribution in [0.5, 0.6) is 0 Å². The van der Waals surface area contributed by atoms with Crippen LogP contribution >= 0.6 is 7.81 Å². The van der Waals surface area contributed by atoms with E-state index < -0.39 is 7.81 Å². The van der Waals surface area contributed by atoms with Crippen molar-refractivity contribution in [2.45, 2.75) is 6.10 Å². The van der Waals surface area contributed by atoms with Gasteiger partial charge in [0.25, 0.3) is 0 Å². The van der Waals surface area contributed by atoms with E-state index in [9.17, 15) is 25.2 Å². The van der Waals surface area contributed by atoms with Crippen molar-refractivity contribution in [3.8, 4) is 0 Å². The van der Waals surface area contributed by atoms with Gasteiger partial charge in [0.2, 0.25) is 0 Å². The molecule has 9 heteroatoms. The summed E-state index contributed by atoms with van der Waals surface area (Å²) in [7, 11) is -4.11. The van der Waals surface area contributed by atoms with Crippen molar-refractivity contribution in [1.29, 1.82) is 0 Å². The van der Waals surface area contributed by atoms with Gasteiger partial charge in [0.15, 0.2) is 0 Å². The van der Waals surface area contributed by atoms with Crippen molar-refractivity contribution < 1.29 is 34.4 Å². The predicted octanol–water partition coefficient (Wildman–Crippen LogP) is 3.47. The molecule has 2 nitrogen and oxygen atoms in total. The van der Waals surface area contributed by atoms with Gasteiger partial charge in [-0.1, -0.05) is 0 Å². The fourth-order valence-corrected chi connectivity index (χ4v) is 0.784. The first kappa shape index (κ1) is 14.9. The molecule has 1 aliphatic heterocycles. The number of quaternary nitrogens is 1. The van der Waals surface area contributed by atoms with E-state index >= 15 is 0 Å². The average Bonchev–Trinajstić information content (AvgIpc) is 2.32. The molecule has 0 amide bonds. The third kappa shape index (κ3) is 31.5. The third-order valence-electron chi connectivity index (χ3n) is 1.15. The fraction of sp³-hybridized carbons (Fsp3) is 1.00. The summed E-state index contributed by atoms with van der Waals surface area (Å²) >= 11 is 0. The minimum absolute atomic E-state index is 0.565. The van der Waals surface area contributed by atoms with Crippen LogP contribution < -0.4 is 0 Å². The van der Waals surface area contributed by atoms with Crippen LogP contribution in [0.1, 0.15) is 0 Å². The van der Waals surface area contributed by atoms with Crippen molar-refractivity contribution in [2.75, 3.05) is 34.3 Å². The van der Waals surface area contributed by atoms with Crippen molar-refractivity contribution in [2.24, 2.45) is 0 Å². The first-order valence-electron chi connectivity index (χ1n) is 4.01. The van der Waals surface area contributed by atoms with Gasteiger partial charge in [-0.25, -0.2) is 0 Å². The predicted molar refractivity (Wildman–Crippen MR) is 46.2 cm³/mol. The van der Waals surface area contributed by atoms with Crippen molar-refractivity contribution >= 4 is 7.81 Å². The Hall–Kier alpha value is -0.0700. The molecule has 1 atom stereocenters. The molecule has 0 bridgehead atoms. The minimum atomic E-state index is -10.7. The summed E-state index contributed by atoms with van der Waals surface area (Å²) in [6.07, 6.45) is 0.565. The number of epoxide rings is 1. The quantitative estimate of drug-likeness (QED) is 0.321. The standard InChI is InChI=1S/C6H14NO.F6P/c1-7(2,3)4-6-5-8-6;1-7(2,3,4,5)6/h6H,4-5H2,1-3H3;/q+1;-1. The molecular weight excluding hydrogens is 247 g/mol. The van der Waals surface area contributed by atoms with Crippen molar-refractivity contribution in [3.63, 3.8) is 0 Å². The maximum absolute atomic E-state index is 10.7. The van der Waals surface area contributed by atoms with Gasteiger partial charge >= 0.3 is 33.0 Å². The molecule has 0 saturated carbocycles. The van der Waals surface area contributed by atoms with Crippen LogP contribution in [0.4, 0.5) is 25.2 Å². The first-order valence-corrected chi connectivity index (χ1v) is 6.04. The van der Waals surface area contributed by atoms with E-state index in [4.69, 9.17) is 4.74 Å². The molecule has 1 heterocycles. The molecule has 1 saturated heterocycles. The van der Waals surface area contributed by atoms with E-state index in [0.29, 0.717) is 6.10 Å². The number of nitrogens with zero attached hydrogens (tertiary/aromatic N) is 1. The van der Waals surface area contributed by atoms with Gasteiger partial charge in [0.05, 0.1) is 27.7 Å². The van der Waals surface area contributed by atoms with Gasteiger partial charge in [-0.05, 0) is 0 Å². The molecule has 15 heavy (non-hydrogen) atoms. The summed E-state index contributed by atoms with van der Waals surface area (Å²) in [5.74, 6) is 0. The topological polar surface area (TPSA) is 12.5 Å². The molecule has 0 radical (unpaired) electrons. The van der Waals surface area contributed by atoms with Crippen LogP contribution in [0.2, 0.25) is 0 Å². The molecule has 0 aliphatic carbocycles. The molecule has 1 unspecified atom stereocenters. The number of hydrogen-bond acceptors (Lipinski definition) is 1. The van der Waals surface area contributed by atoms with Gasteiger partial charge < -0.3 is 9.22 Å². The molecule has 0 aromatic carbocycles. The summed E-state index contributed by atoms with van der Waals surface area (Å²) in [4.78, 5) is 0. The second kappa shape index (κ2) is 3.21. The Balaban J connectivity index is 0.000000265. The molecule has 0 aromatic heterocycles. The Bertz CT molecular complexity index is 212. The van der Waals surface area contributed by atoms with Crippen LogP contribution in [0.25, 0.3) is 0 Å². The second-order valence-corrected chi connectivity index (χ2v) is 6.30. The summed E-state index contributed by atoms with van der Waals surface area (Å²) in [5, 5.41) is 0. The van der Waals surface area contributed by atoms with Crippen molar-refractivity contribution in [3.05, 3.63) is 0 Å². The normalized spacial score (nSPS) is 25.8. The molecule has 1 rings (SSSR count). The monoisotopic (exact) mass is 261 g/mol. The zero-order valence-corrected chi connectivity index (χ0v) is 9.46. The molecule has 1 fully saturated rings. The summed E-state index contributed by atoms with van der Waals surface area (Å²) in [6.45, 7) is 2.13. The van der Waals surface area contributed by atoms with Crippen LogP contribution in [0.15, 0.2) is 0 Å². The molecule has 0 aromatic rings. The van der Waals surface area contributed by atoms with Crippen molar-refractivity contribution in [1.82, 2.24) is 0 Å². The summed E-state index contributed by atoms with van der Waals surface area (Å²) in [5.41, 5.74) is 0. The maximum atomic E-state index is 9.87. The second-order valence-electron chi connectivity index (χ2n) is 4.39. The number of hydrogen-bond donors (Lipinski definition) is 0. The molecule has 0 N–H and O–H groups in total. The molecular formula is C6H14F6NOP.